The summed E-state index contributed by atoms with van der Waals surface area (Å²) in [5.74, 6) is 0.611. The van der Waals surface area contributed by atoms with Crippen molar-refractivity contribution in [1.82, 2.24) is 20.0 Å². The van der Waals surface area contributed by atoms with Gasteiger partial charge in [0, 0.05) is 25.7 Å². The first kappa shape index (κ1) is 17.7. The molecule has 1 aromatic heterocycles. The Labute approximate surface area is 132 Å². The van der Waals surface area contributed by atoms with Gasteiger partial charge in [0.15, 0.2) is 0 Å². The minimum atomic E-state index is 0.488. The van der Waals surface area contributed by atoms with Gasteiger partial charge in [-0.25, -0.2) is 0 Å². The van der Waals surface area contributed by atoms with Crippen LogP contribution in [-0.2, 0) is 19.5 Å². The molecule has 0 bridgehead atoms. The molecule has 0 saturated heterocycles. The standard InChI is InChI=1S/C15H29BrN4/c1-7-12-15(16)14(20(8-2)18-12)9-17-13(11(3)4)10-19(5)6/h11,13,17H,7-10H2,1-6H3. The summed E-state index contributed by atoms with van der Waals surface area (Å²) in [4.78, 5) is 2.24. The lowest BCUT2D eigenvalue weighted by molar-refractivity contribution is 0.286. The molecule has 1 rings (SSSR count). The second kappa shape index (κ2) is 8.15. The highest BCUT2D eigenvalue weighted by Crippen LogP contribution is 2.22. The van der Waals surface area contributed by atoms with Gasteiger partial charge in [-0.15, -0.1) is 0 Å². The van der Waals surface area contributed by atoms with Crippen molar-refractivity contribution >= 4 is 15.9 Å². The second-order valence-corrected chi connectivity index (χ2v) is 6.66. The number of nitrogens with zero attached hydrogens (tertiary/aromatic N) is 3. The van der Waals surface area contributed by atoms with Crippen LogP contribution in [0.4, 0.5) is 0 Å². The molecule has 1 N–H and O–H groups in total. The molecule has 0 spiro atoms. The van der Waals surface area contributed by atoms with E-state index in [0.29, 0.717) is 12.0 Å². The van der Waals surface area contributed by atoms with Gasteiger partial charge in [-0.3, -0.25) is 4.68 Å². The molecule has 1 heterocycles. The Morgan fingerprint density at radius 2 is 1.95 bits per heavy atom. The molecule has 1 aromatic rings. The number of nitrogens with one attached hydrogen (secondary N) is 1. The third-order valence-corrected chi connectivity index (χ3v) is 4.51. The first-order chi connectivity index (χ1) is 9.40. The largest absolute Gasteiger partial charge is 0.308 e. The van der Waals surface area contributed by atoms with Crippen molar-refractivity contribution < 1.29 is 0 Å². The average molecular weight is 345 g/mol. The van der Waals surface area contributed by atoms with Crippen LogP contribution in [0.5, 0.6) is 0 Å². The monoisotopic (exact) mass is 344 g/mol. The van der Waals surface area contributed by atoms with Gasteiger partial charge in [0.1, 0.15) is 0 Å². The normalized spacial score (nSPS) is 13.4. The smallest absolute Gasteiger partial charge is 0.0767 e. The van der Waals surface area contributed by atoms with E-state index >= 15 is 0 Å². The zero-order chi connectivity index (χ0) is 15.3. The Balaban J connectivity index is 2.79. The zero-order valence-electron chi connectivity index (χ0n) is 13.7. The molecule has 0 aliphatic carbocycles. The summed E-state index contributed by atoms with van der Waals surface area (Å²) in [7, 11) is 4.25. The van der Waals surface area contributed by atoms with Crippen molar-refractivity contribution in [2.45, 2.75) is 53.2 Å². The number of halogens is 1. The van der Waals surface area contributed by atoms with Gasteiger partial charge in [0.05, 0.1) is 15.9 Å². The number of hydrogen-bond donors (Lipinski definition) is 1. The molecular formula is C15H29BrN4. The Morgan fingerprint density at radius 3 is 2.40 bits per heavy atom. The van der Waals surface area contributed by atoms with Crippen LogP contribution in [0.15, 0.2) is 4.47 Å². The van der Waals surface area contributed by atoms with Crippen LogP contribution < -0.4 is 5.32 Å². The minimum absolute atomic E-state index is 0.488. The van der Waals surface area contributed by atoms with E-state index in [4.69, 9.17) is 0 Å². The van der Waals surface area contributed by atoms with E-state index in [9.17, 15) is 0 Å². The number of aryl methyl sites for hydroxylation is 2. The lowest BCUT2D eigenvalue weighted by Gasteiger charge is -2.26. The first-order valence-corrected chi connectivity index (χ1v) is 8.32. The fourth-order valence-electron chi connectivity index (χ4n) is 2.32. The summed E-state index contributed by atoms with van der Waals surface area (Å²) < 4.78 is 3.27. The molecule has 20 heavy (non-hydrogen) atoms. The number of rotatable bonds is 8. The van der Waals surface area contributed by atoms with E-state index in [-0.39, 0.29) is 0 Å². The lowest BCUT2D eigenvalue weighted by Crippen LogP contribution is -2.41. The molecule has 5 heteroatoms. The maximum absolute atomic E-state index is 4.65. The van der Waals surface area contributed by atoms with Crippen LogP contribution in [-0.4, -0.2) is 41.4 Å². The topological polar surface area (TPSA) is 33.1 Å². The van der Waals surface area contributed by atoms with Crippen LogP contribution in [0.3, 0.4) is 0 Å². The molecular weight excluding hydrogens is 316 g/mol. The summed E-state index contributed by atoms with van der Waals surface area (Å²) in [6, 6.07) is 0.488. The minimum Gasteiger partial charge on any atom is -0.308 e. The van der Waals surface area contributed by atoms with Gasteiger partial charge in [-0.2, -0.15) is 5.10 Å². The molecule has 0 aliphatic heterocycles. The predicted octanol–water partition coefficient (Wildman–Crippen LogP) is 2.90. The first-order valence-electron chi connectivity index (χ1n) is 7.52. The van der Waals surface area contributed by atoms with Crippen molar-refractivity contribution in [3.05, 3.63) is 15.9 Å². The van der Waals surface area contributed by atoms with Crippen LogP contribution in [0, 0.1) is 5.92 Å². The highest BCUT2D eigenvalue weighted by atomic mass is 79.9. The Kier molecular flexibility index (Phi) is 7.20. The van der Waals surface area contributed by atoms with Crippen molar-refractivity contribution in [3.8, 4) is 0 Å². The summed E-state index contributed by atoms with van der Waals surface area (Å²) >= 11 is 3.71. The third-order valence-electron chi connectivity index (χ3n) is 3.59. The summed E-state index contributed by atoms with van der Waals surface area (Å²) in [5.41, 5.74) is 2.41. The number of aromatic nitrogens is 2. The fraction of sp³-hybridized carbons (Fsp3) is 0.800. The molecule has 1 atom stereocenters. The maximum atomic E-state index is 4.65. The number of hydrogen-bond acceptors (Lipinski definition) is 3. The SMILES string of the molecule is CCc1nn(CC)c(CNC(CN(C)C)C(C)C)c1Br. The molecule has 0 fully saturated rings. The van der Waals surface area contributed by atoms with Gasteiger partial charge in [0.2, 0.25) is 0 Å². The van der Waals surface area contributed by atoms with Crippen LogP contribution in [0.2, 0.25) is 0 Å². The second-order valence-electron chi connectivity index (χ2n) is 5.87. The molecule has 0 aromatic carbocycles. The summed E-state index contributed by atoms with van der Waals surface area (Å²) in [6.45, 7) is 11.6. The van der Waals surface area contributed by atoms with E-state index in [1.165, 1.54) is 10.2 Å². The highest BCUT2D eigenvalue weighted by molar-refractivity contribution is 9.10. The maximum Gasteiger partial charge on any atom is 0.0767 e. The lowest BCUT2D eigenvalue weighted by atomic mass is 10.0. The molecule has 0 radical (unpaired) electrons. The van der Waals surface area contributed by atoms with Gasteiger partial charge < -0.3 is 10.2 Å². The van der Waals surface area contributed by atoms with Crippen LogP contribution in [0.1, 0.15) is 39.1 Å². The number of likely N-dealkylation sites (N-methyl/N-ethyl adjacent to an activating group) is 1. The Bertz CT molecular complexity index is 412. The Hall–Kier alpha value is -0.390. The van der Waals surface area contributed by atoms with Crippen molar-refractivity contribution in [2.24, 2.45) is 5.92 Å². The van der Waals surface area contributed by atoms with Gasteiger partial charge in [0.25, 0.3) is 0 Å². The van der Waals surface area contributed by atoms with E-state index < -0.39 is 0 Å². The Morgan fingerprint density at radius 1 is 1.30 bits per heavy atom. The van der Waals surface area contributed by atoms with E-state index in [0.717, 1.165) is 31.7 Å². The van der Waals surface area contributed by atoms with Crippen molar-refractivity contribution in [3.63, 3.8) is 0 Å². The van der Waals surface area contributed by atoms with E-state index in [1.807, 2.05) is 0 Å². The van der Waals surface area contributed by atoms with E-state index in [1.54, 1.807) is 0 Å². The van der Waals surface area contributed by atoms with E-state index in [2.05, 4.69) is 77.7 Å². The molecule has 4 nitrogen and oxygen atoms in total. The average Bonchev–Trinajstić information content (AvgIpc) is 2.69. The molecule has 0 amide bonds. The van der Waals surface area contributed by atoms with Crippen molar-refractivity contribution in [2.75, 3.05) is 20.6 Å². The predicted molar refractivity (Wildman–Crippen MR) is 89.0 cm³/mol. The molecule has 116 valence electrons. The zero-order valence-corrected chi connectivity index (χ0v) is 15.3. The van der Waals surface area contributed by atoms with Gasteiger partial charge in [-0.1, -0.05) is 20.8 Å². The van der Waals surface area contributed by atoms with Crippen LogP contribution >= 0.6 is 15.9 Å². The third kappa shape index (κ3) is 4.57. The molecule has 0 aliphatic rings. The highest BCUT2D eigenvalue weighted by Gasteiger charge is 2.18. The fourth-order valence-corrected chi connectivity index (χ4v) is 3.02. The van der Waals surface area contributed by atoms with Crippen LogP contribution in [0.25, 0.3) is 0 Å². The summed E-state index contributed by atoms with van der Waals surface area (Å²) in [6.07, 6.45) is 0.964. The quantitative estimate of drug-likeness (QED) is 0.787. The summed E-state index contributed by atoms with van der Waals surface area (Å²) in [5, 5.41) is 8.34. The molecule has 1 unspecified atom stereocenters. The van der Waals surface area contributed by atoms with Gasteiger partial charge in [-0.05, 0) is 49.3 Å². The van der Waals surface area contributed by atoms with Crippen molar-refractivity contribution in [1.29, 1.82) is 0 Å². The van der Waals surface area contributed by atoms with Gasteiger partial charge >= 0.3 is 0 Å². The molecule has 0 saturated carbocycles.